The summed E-state index contributed by atoms with van der Waals surface area (Å²) in [7, 11) is 0. The van der Waals surface area contributed by atoms with E-state index >= 15 is 0 Å². The molecule has 0 saturated heterocycles. The molecule has 2 N–H and O–H groups in total. The maximum atomic E-state index is 14.0. The van der Waals surface area contributed by atoms with E-state index in [1.54, 1.807) is 0 Å². The Hall–Kier alpha value is -1.85. The van der Waals surface area contributed by atoms with Crippen molar-refractivity contribution in [3.05, 3.63) is 57.8 Å². The van der Waals surface area contributed by atoms with Gasteiger partial charge in [0.25, 0.3) is 0 Å². The Morgan fingerprint density at radius 1 is 1.14 bits per heavy atom. The van der Waals surface area contributed by atoms with Gasteiger partial charge in [0.2, 0.25) is 5.88 Å². The quantitative estimate of drug-likeness (QED) is 0.682. The number of rotatable bonds is 2. The summed E-state index contributed by atoms with van der Waals surface area (Å²) in [5, 5.41) is 4.29. The first-order valence-corrected chi connectivity index (χ1v) is 7.20. The molecule has 3 rings (SSSR count). The Labute approximate surface area is 133 Å². The van der Waals surface area contributed by atoms with E-state index in [9.17, 15) is 4.39 Å². The molecule has 0 aliphatic heterocycles. The van der Waals surface area contributed by atoms with Gasteiger partial charge in [-0.2, -0.15) is 0 Å². The van der Waals surface area contributed by atoms with E-state index in [0.29, 0.717) is 16.3 Å². The van der Waals surface area contributed by atoms with E-state index in [1.165, 1.54) is 18.2 Å². The number of hydrogen-bond acceptors (Lipinski definition) is 3. The van der Waals surface area contributed by atoms with Crippen molar-refractivity contribution in [2.45, 2.75) is 0 Å². The summed E-state index contributed by atoms with van der Waals surface area (Å²) in [6.45, 7) is 0. The van der Waals surface area contributed by atoms with E-state index in [2.05, 4.69) is 21.1 Å². The molecule has 1 heterocycles. The lowest BCUT2D eigenvalue weighted by Crippen LogP contribution is -1.90. The highest BCUT2D eigenvalue weighted by atomic mass is 79.9. The first kappa shape index (κ1) is 14.1. The summed E-state index contributed by atoms with van der Waals surface area (Å²) < 4.78 is 20.0. The predicted molar refractivity (Wildman–Crippen MR) is 84.5 cm³/mol. The second-order valence-corrected chi connectivity index (χ2v) is 5.75. The van der Waals surface area contributed by atoms with Gasteiger partial charge in [0, 0.05) is 15.1 Å². The zero-order chi connectivity index (χ0) is 15.0. The summed E-state index contributed by atoms with van der Waals surface area (Å²) in [4.78, 5) is 0. The Morgan fingerprint density at radius 3 is 2.57 bits per heavy atom. The summed E-state index contributed by atoms with van der Waals surface area (Å²) in [5.74, 6) is -0.308. The first-order chi connectivity index (χ1) is 10.1. The molecule has 0 bridgehead atoms. The number of anilines is 1. The molecule has 0 radical (unpaired) electrons. The highest BCUT2D eigenvalue weighted by Gasteiger charge is 2.20. The van der Waals surface area contributed by atoms with Crippen LogP contribution < -0.4 is 5.73 Å². The molecular formula is C15H9BrClFN2O. The van der Waals surface area contributed by atoms with Crippen molar-refractivity contribution in [1.29, 1.82) is 0 Å². The van der Waals surface area contributed by atoms with Crippen LogP contribution in [0.5, 0.6) is 0 Å². The van der Waals surface area contributed by atoms with Gasteiger partial charge in [-0.05, 0) is 35.9 Å². The monoisotopic (exact) mass is 366 g/mol. The molecular weight excluding hydrogens is 359 g/mol. The largest absolute Gasteiger partial charge is 0.367 e. The molecule has 3 aromatic rings. The molecule has 6 heteroatoms. The summed E-state index contributed by atoms with van der Waals surface area (Å²) in [5.41, 5.74) is 7.75. The third-order valence-corrected chi connectivity index (χ3v) is 3.80. The Morgan fingerprint density at radius 2 is 1.86 bits per heavy atom. The van der Waals surface area contributed by atoms with Crippen molar-refractivity contribution in [3.8, 4) is 22.4 Å². The van der Waals surface area contributed by atoms with Gasteiger partial charge in [-0.25, -0.2) is 4.39 Å². The zero-order valence-electron chi connectivity index (χ0n) is 10.6. The lowest BCUT2D eigenvalue weighted by Gasteiger charge is -2.05. The van der Waals surface area contributed by atoms with Gasteiger partial charge in [-0.1, -0.05) is 44.8 Å². The Balaban J connectivity index is 2.21. The molecule has 3 nitrogen and oxygen atoms in total. The molecule has 0 unspecified atom stereocenters. The van der Waals surface area contributed by atoms with Crippen molar-refractivity contribution in [2.75, 3.05) is 5.73 Å². The van der Waals surface area contributed by atoms with Crippen LogP contribution in [0.1, 0.15) is 0 Å². The van der Waals surface area contributed by atoms with Crippen molar-refractivity contribution < 1.29 is 8.91 Å². The third kappa shape index (κ3) is 2.66. The van der Waals surface area contributed by atoms with Crippen LogP contribution in [0.4, 0.5) is 10.3 Å². The lowest BCUT2D eigenvalue weighted by molar-refractivity contribution is 0.439. The van der Waals surface area contributed by atoms with Crippen LogP contribution in [0.3, 0.4) is 0 Å². The fourth-order valence-corrected chi connectivity index (χ4v) is 2.50. The maximum Gasteiger partial charge on any atom is 0.230 e. The average Bonchev–Trinajstić information content (AvgIpc) is 2.84. The number of benzene rings is 2. The van der Waals surface area contributed by atoms with Gasteiger partial charge in [-0.15, -0.1) is 0 Å². The Bertz CT molecular complexity index is 802. The minimum atomic E-state index is -0.439. The van der Waals surface area contributed by atoms with Crippen LogP contribution in [0.2, 0.25) is 5.02 Å². The topological polar surface area (TPSA) is 52.0 Å². The van der Waals surface area contributed by atoms with Crippen molar-refractivity contribution in [2.24, 2.45) is 0 Å². The fourth-order valence-electron chi connectivity index (χ4n) is 2.06. The molecule has 2 aromatic carbocycles. The lowest BCUT2D eigenvalue weighted by atomic mass is 10.0. The molecule has 0 spiro atoms. The van der Waals surface area contributed by atoms with E-state index < -0.39 is 5.82 Å². The molecule has 1 aromatic heterocycles. The second-order valence-electron chi connectivity index (χ2n) is 4.40. The standard InChI is InChI=1S/C15H9BrClFN2O/c16-9-3-1-8(2-4-9)13-14(20-21-15(13)19)11-7-10(17)5-6-12(11)18/h1-7H,19H2. The highest BCUT2D eigenvalue weighted by Crippen LogP contribution is 2.38. The van der Waals surface area contributed by atoms with Crippen molar-refractivity contribution >= 4 is 33.4 Å². The van der Waals surface area contributed by atoms with Gasteiger partial charge >= 0.3 is 0 Å². The first-order valence-electron chi connectivity index (χ1n) is 6.03. The van der Waals surface area contributed by atoms with Gasteiger partial charge in [-0.3, -0.25) is 0 Å². The maximum absolute atomic E-state index is 14.0. The normalized spacial score (nSPS) is 10.8. The summed E-state index contributed by atoms with van der Waals surface area (Å²) in [6, 6.07) is 11.7. The van der Waals surface area contributed by atoms with Crippen molar-refractivity contribution in [1.82, 2.24) is 5.16 Å². The van der Waals surface area contributed by atoms with Gasteiger partial charge in [0.1, 0.15) is 11.5 Å². The van der Waals surface area contributed by atoms with Crippen LogP contribution in [0.25, 0.3) is 22.4 Å². The van der Waals surface area contributed by atoms with Crippen LogP contribution in [-0.2, 0) is 0 Å². The molecule has 106 valence electrons. The predicted octanol–water partition coefficient (Wildman–Crippen LogP) is 5.15. The van der Waals surface area contributed by atoms with Crippen molar-refractivity contribution in [3.63, 3.8) is 0 Å². The van der Waals surface area contributed by atoms with E-state index in [0.717, 1.165) is 10.0 Å². The number of nitrogens with zero attached hydrogens (tertiary/aromatic N) is 1. The van der Waals surface area contributed by atoms with E-state index in [1.807, 2.05) is 24.3 Å². The summed E-state index contributed by atoms with van der Waals surface area (Å²) in [6.07, 6.45) is 0. The van der Waals surface area contributed by atoms with E-state index in [4.69, 9.17) is 21.9 Å². The van der Waals surface area contributed by atoms with Crippen LogP contribution in [0.15, 0.2) is 51.5 Å². The molecule has 0 atom stereocenters. The van der Waals surface area contributed by atoms with Gasteiger partial charge < -0.3 is 10.3 Å². The molecule has 0 aliphatic rings. The molecule has 21 heavy (non-hydrogen) atoms. The van der Waals surface area contributed by atoms with Crippen LogP contribution in [0, 0.1) is 5.82 Å². The fraction of sp³-hybridized carbons (Fsp3) is 0. The smallest absolute Gasteiger partial charge is 0.230 e. The second kappa shape index (κ2) is 5.50. The number of aromatic nitrogens is 1. The number of nitrogen functional groups attached to an aromatic ring is 1. The van der Waals surface area contributed by atoms with E-state index in [-0.39, 0.29) is 11.4 Å². The summed E-state index contributed by atoms with van der Waals surface area (Å²) >= 11 is 9.29. The highest BCUT2D eigenvalue weighted by molar-refractivity contribution is 9.10. The molecule has 0 aliphatic carbocycles. The number of hydrogen-bond donors (Lipinski definition) is 1. The van der Waals surface area contributed by atoms with Gasteiger partial charge in [0.05, 0.1) is 5.56 Å². The average molecular weight is 368 g/mol. The SMILES string of the molecule is Nc1onc(-c2cc(Cl)ccc2F)c1-c1ccc(Br)cc1. The minimum absolute atomic E-state index is 0.131. The van der Waals surface area contributed by atoms with Crippen LogP contribution >= 0.6 is 27.5 Å². The Kier molecular flexibility index (Phi) is 3.69. The number of nitrogens with two attached hydrogens (primary N) is 1. The molecule has 0 fully saturated rings. The zero-order valence-corrected chi connectivity index (χ0v) is 13.0. The van der Waals surface area contributed by atoms with Gasteiger partial charge in [0.15, 0.2) is 0 Å². The van der Waals surface area contributed by atoms with Crippen LogP contribution in [-0.4, -0.2) is 5.16 Å². The third-order valence-electron chi connectivity index (χ3n) is 3.03. The number of halogens is 3. The minimum Gasteiger partial charge on any atom is -0.367 e. The molecule has 0 amide bonds. The molecule has 0 saturated carbocycles.